The molecule has 0 saturated carbocycles. The molecule has 2 saturated heterocycles. The van der Waals surface area contributed by atoms with E-state index in [9.17, 15) is 49.8 Å². The van der Waals surface area contributed by atoms with Crippen LogP contribution >= 0.6 is 0 Å². The summed E-state index contributed by atoms with van der Waals surface area (Å²) in [6.45, 7) is 3.58. The molecule has 0 spiro atoms. The van der Waals surface area contributed by atoms with Gasteiger partial charge in [0.2, 0.25) is 11.8 Å². The largest absolute Gasteiger partial charge is 0.394 e. The van der Waals surface area contributed by atoms with Gasteiger partial charge >= 0.3 is 11.4 Å². The molecular formula is C62H110N6O12. The number of carbonyl (C=O) groups excluding carboxylic acids is 2. The number of carbonyl (C=O) groups is 2. The lowest BCUT2D eigenvalue weighted by molar-refractivity contribution is -0.117. The smallest absolute Gasteiger partial charge is 0.351 e. The van der Waals surface area contributed by atoms with Crippen LogP contribution in [0, 0.1) is 0 Å². The number of hydrogen-bond acceptors (Lipinski definition) is 14. The standard InChI is InChI=1S/2C31H55N3O6/c2*1-2-3-4-5-6-7-8-9-10-11-12-13-14-15-16-17-18-19-20-21-27(36)32-26-22-23-34(31(39)33-26)30-29(38)28(37)25(24-35)40-30/h2*22-23,25,28-30,35,37-38H,2-21,24H2,1H3,(H,32,33,36,39)/t2*25-,28-,29+,30-/m11/s1. The van der Waals surface area contributed by atoms with Crippen LogP contribution in [0.2, 0.25) is 0 Å². The summed E-state index contributed by atoms with van der Waals surface area (Å²) in [5.74, 6) is -0.110. The average Bonchev–Trinajstić information content (AvgIpc) is 3.91. The Kier molecular flexibility index (Phi) is 39.6. The maximum Gasteiger partial charge on any atom is 0.351 e. The van der Waals surface area contributed by atoms with Crippen LogP contribution in [0.3, 0.4) is 0 Å². The van der Waals surface area contributed by atoms with E-state index >= 15 is 0 Å². The molecule has 2 aromatic rings. The number of anilines is 2. The third-order valence-corrected chi connectivity index (χ3v) is 15.8. The van der Waals surface area contributed by atoms with E-state index in [1.165, 1.54) is 230 Å². The highest BCUT2D eigenvalue weighted by Crippen LogP contribution is 2.30. The number of hydrogen-bond donors (Lipinski definition) is 8. The van der Waals surface area contributed by atoms with Gasteiger partial charge in [-0.3, -0.25) is 18.7 Å². The van der Waals surface area contributed by atoms with E-state index in [2.05, 4.69) is 34.4 Å². The normalized spacial score (nSPS) is 20.7. The van der Waals surface area contributed by atoms with Crippen molar-refractivity contribution in [2.75, 3.05) is 23.8 Å². The highest BCUT2D eigenvalue weighted by molar-refractivity contribution is 5.90. The van der Waals surface area contributed by atoms with Crippen LogP contribution < -0.4 is 22.0 Å². The van der Waals surface area contributed by atoms with Gasteiger partial charge in [0.15, 0.2) is 12.5 Å². The monoisotopic (exact) mass is 1130 g/mol. The zero-order valence-electron chi connectivity index (χ0n) is 49.5. The molecule has 2 aliphatic rings. The van der Waals surface area contributed by atoms with Gasteiger partial charge in [0.05, 0.1) is 13.2 Å². The number of aromatic nitrogens is 4. The second-order valence-corrected chi connectivity index (χ2v) is 22.8. The van der Waals surface area contributed by atoms with Crippen molar-refractivity contribution in [3.63, 3.8) is 0 Å². The van der Waals surface area contributed by atoms with Crippen molar-refractivity contribution in [1.29, 1.82) is 0 Å². The Morgan fingerprint density at radius 2 is 0.650 bits per heavy atom. The van der Waals surface area contributed by atoms with Crippen molar-refractivity contribution in [1.82, 2.24) is 19.1 Å². The topological polar surface area (TPSA) is 268 Å². The first-order chi connectivity index (χ1) is 38.9. The Morgan fingerprint density at radius 3 is 0.863 bits per heavy atom. The Morgan fingerprint density at radius 1 is 0.412 bits per heavy atom. The first kappa shape index (κ1) is 70.6. The van der Waals surface area contributed by atoms with Crippen LogP contribution in [-0.2, 0) is 19.1 Å². The van der Waals surface area contributed by atoms with Gasteiger partial charge in [0.1, 0.15) is 48.3 Å². The van der Waals surface area contributed by atoms with E-state index in [1.54, 1.807) is 0 Å². The number of nitrogens with zero attached hydrogens (tertiary/aromatic N) is 4. The van der Waals surface area contributed by atoms with Crippen molar-refractivity contribution in [2.24, 2.45) is 0 Å². The summed E-state index contributed by atoms with van der Waals surface area (Å²) in [4.78, 5) is 56.9. The van der Waals surface area contributed by atoms with Gasteiger partial charge in [-0.15, -0.1) is 0 Å². The predicted molar refractivity (Wildman–Crippen MR) is 316 cm³/mol. The van der Waals surface area contributed by atoms with Crippen LogP contribution in [-0.4, -0.2) is 111 Å². The van der Waals surface area contributed by atoms with E-state index < -0.39 is 73.7 Å². The van der Waals surface area contributed by atoms with E-state index in [0.29, 0.717) is 12.8 Å². The molecule has 0 aliphatic carbocycles. The Hall–Kier alpha value is -3.62. The average molecular weight is 1130 g/mol. The first-order valence-electron chi connectivity index (χ1n) is 32.0. The van der Waals surface area contributed by atoms with Crippen molar-refractivity contribution in [3.05, 3.63) is 45.5 Å². The highest BCUT2D eigenvalue weighted by atomic mass is 16.6. The zero-order valence-corrected chi connectivity index (χ0v) is 49.5. The number of amides is 2. The van der Waals surface area contributed by atoms with Crippen LogP contribution in [0.4, 0.5) is 11.6 Å². The van der Waals surface area contributed by atoms with Crippen molar-refractivity contribution >= 4 is 23.5 Å². The molecule has 18 heteroatoms. The molecule has 18 nitrogen and oxygen atoms in total. The second-order valence-electron chi connectivity index (χ2n) is 22.8. The minimum absolute atomic E-state index is 0.135. The molecule has 2 amide bonds. The van der Waals surface area contributed by atoms with Crippen molar-refractivity contribution in [2.45, 2.75) is 320 Å². The van der Waals surface area contributed by atoms with Gasteiger partial charge in [-0.05, 0) is 25.0 Å². The highest BCUT2D eigenvalue weighted by Gasteiger charge is 2.45. The van der Waals surface area contributed by atoms with E-state index in [4.69, 9.17) is 9.47 Å². The van der Waals surface area contributed by atoms with Crippen molar-refractivity contribution < 1.29 is 49.7 Å². The number of aliphatic hydroxyl groups is 6. The number of unbranched alkanes of at least 4 members (excludes halogenated alkanes) is 36. The summed E-state index contributed by atoms with van der Waals surface area (Å²) in [6, 6.07) is 2.90. The third-order valence-electron chi connectivity index (χ3n) is 15.8. The molecule has 4 heterocycles. The lowest BCUT2D eigenvalue weighted by atomic mass is 10.0. The maximum atomic E-state index is 12.4. The number of aliphatic hydroxyl groups excluding tert-OH is 6. The van der Waals surface area contributed by atoms with Crippen LogP contribution in [0.25, 0.3) is 0 Å². The molecule has 2 aliphatic heterocycles. The first-order valence-corrected chi connectivity index (χ1v) is 32.0. The molecule has 2 fully saturated rings. The molecule has 8 atom stereocenters. The lowest BCUT2D eigenvalue weighted by Crippen LogP contribution is -2.36. The predicted octanol–water partition coefficient (Wildman–Crippen LogP) is 11.2. The minimum atomic E-state index is -1.37. The SMILES string of the molecule is CCCCCCCCCCCCCCCCCCCCCC(=O)Nc1ccn([C@@H]2O[C@H](CO)[C@@H](O)[C@@H]2O)c(=O)n1.CCCCCCCCCCCCCCCCCCCCCC(=O)Nc1ccn([C@@H]2O[C@H](CO)[C@@H](O)[C@@H]2O)c(=O)n1. The zero-order chi connectivity index (χ0) is 58.0. The molecule has 2 aromatic heterocycles. The lowest BCUT2D eigenvalue weighted by Gasteiger charge is -2.17. The van der Waals surface area contributed by atoms with Gasteiger partial charge < -0.3 is 50.7 Å². The Labute approximate surface area is 479 Å². The molecule has 80 heavy (non-hydrogen) atoms. The summed E-state index contributed by atoms with van der Waals surface area (Å²) in [5.41, 5.74) is -1.45. The Bertz CT molecular complexity index is 1870. The van der Waals surface area contributed by atoms with E-state index in [-0.39, 0.29) is 23.5 Å². The molecule has 8 N–H and O–H groups in total. The Balaban J connectivity index is 0.000000420. The summed E-state index contributed by atoms with van der Waals surface area (Å²) in [6.07, 6.45) is 43.4. The molecule has 0 radical (unpaired) electrons. The molecular weight excluding hydrogens is 1020 g/mol. The van der Waals surface area contributed by atoms with Gasteiger partial charge in [-0.1, -0.05) is 245 Å². The molecule has 460 valence electrons. The third kappa shape index (κ3) is 29.6. The van der Waals surface area contributed by atoms with Crippen LogP contribution in [0.1, 0.15) is 283 Å². The molecule has 0 bridgehead atoms. The number of rotatable bonds is 46. The fourth-order valence-electron chi connectivity index (χ4n) is 10.7. The second kappa shape index (κ2) is 44.9. The fourth-order valence-corrected chi connectivity index (χ4v) is 10.7. The van der Waals surface area contributed by atoms with Crippen molar-refractivity contribution in [3.8, 4) is 0 Å². The maximum absolute atomic E-state index is 12.4. The van der Waals surface area contributed by atoms with Gasteiger partial charge in [-0.2, -0.15) is 9.97 Å². The fraction of sp³-hybridized carbons (Fsp3) is 0.839. The minimum Gasteiger partial charge on any atom is -0.394 e. The molecule has 0 aromatic carbocycles. The van der Waals surface area contributed by atoms with Gasteiger partial charge in [-0.25, -0.2) is 9.59 Å². The number of nitrogens with one attached hydrogen (secondary N) is 2. The van der Waals surface area contributed by atoms with Gasteiger partial charge in [0.25, 0.3) is 0 Å². The summed E-state index contributed by atoms with van der Waals surface area (Å²) in [7, 11) is 0. The summed E-state index contributed by atoms with van der Waals surface area (Å²) < 4.78 is 12.8. The quantitative estimate of drug-likeness (QED) is 0.0287. The van der Waals surface area contributed by atoms with E-state index in [0.717, 1.165) is 47.7 Å². The van der Waals surface area contributed by atoms with Gasteiger partial charge in [0, 0.05) is 25.2 Å². The van der Waals surface area contributed by atoms with Crippen LogP contribution in [0.5, 0.6) is 0 Å². The number of ether oxygens (including phenoxy) is 2. The van der Waals surface area contributed by atoms with Crippen LogP contribution in [0.15, 0.2) is 34.1 Å². The summed E-state index contributed by atoms with van der Waals surface area (Å²) in [5, 5.41) is 63.6. The molecule has 4 rings (SSSR count). The molecule has 0 unspecified atom stereocenters. The van der Waals surface area contributed by atoms with E-state index in [1.807, 2.05) is 0 Å². The summed E-state index contributed by atoms with van der Waals surface area (Å²) >= 11 is 0.